The molecule has 0 spiro atoms. The van der Waals surface area contributed by atoms with Gasteiger partial charge in [0.1, 0.15) is 0 Å². The summed E-state index contributed by atoms with van der Waals surface area (Å²) < 4.78 is 5.32. The molecule has 0 saturated heterocycles. The molecule has 0 radical (unpaired) electrons. The third-order valence-electron chi connectivity index (χ3n) is 2.88. The topological polar surface area (TPSA) is 77.8 Å². The highest BCUT2D eigenvalue weighted by Crippen LogP contribution is 2.27. The molecule has 1 aromatic carbocycles. The molecule has 0 bridgehead atoms. The van der Waals surface area contributed by atoms with Crippen LogP contribution in [0.5, 0.6) is 0 Å². The minimum absolute atomic E-state index is 0.465. The van der Waals surface area contributed by atoms with Crippen LogP contribution in [0.3, 0.4) is 0 Å². The Hall–Kier alpha value is -2.27. The van der Waals surface area contributed by atoms with Crippen molar-refractivity contribution in [2.75, 3.05) is 0 Å². The Morgan fingerprint density at radius 2 is 1.95 bits per heavy atom. The summed E-state index contributed by atoms with van der Waals surface area (Å²) in [5, 5.41) is 4.92. The van der Waals surface area contributed by atoms with E-state index in [-0.39, 0.29) is 0 Å². The van der Waals surface area contributed by atoms with Crippen molar-refractivity contribution in [1.29, 1.82) is 0 Å². The summed E-state index contributed by atoms with van der Waals surface area (Å²) in [7, 11) is 0. The molecule has 0 aliphatic heterocycles. The molecule has 19 heavy (non-hydrogen) atoms. The average Bonchev–Trinajstić information content (AvgIpc) is 2.87. The second-order valence-electron chi connectivity index (χ2n) is 5.02. The van der Waals surface area contributed by atoms with Gasteiger partial charge < -0.3 is 10.3 Å². The number of hydrogen-bond donors (Lipinski definition) is 1. The van der Waals surface area contributed by atoms with E-state index in [1.807, 2.05) is 44.2 Å². The lowest BCUT2D eigenvalue weighted by Crippen LogP contribution is -2.30. The first-order chi connectivity index (χ1) is 9.05. The van der Waals surface area contributed by atoms with Crippen LogP contribution in [0.2, 0.25) is 0 Å². The first kappa shape index (κ1) is 11.8. The summed E-state index contributed by atoms with van der Waals surface area (Å²) in [5.41, 5.74) is 7.11. The molecule has 5 heteroatoms. The zero-order valence-corrected chi connectivity index (χ0v) is 10.8. The molecule has 0 fully saturated rings. The highest BCUT2D eigenvalue weighted by atomic mass is 16.5. The minimum Gasteiger partial charge on any atom is -0.334 e. The van der Waals surface area contributed by atoms with E-state index in [4.69, 9.17) is 10.3 Å². The van der Waals surface area contributed by atoms with Gasteiger partial charge in [-0.15, -0.1) is 0 Å². The summed E-state index contributed by atoms with van der Waals surface area (Å²) in [5.74, 6) is 0.954. The largest absolute Gasteiger partial charge is 0.334 e. The molecule has 5 nitrogen and oxygen atoms in total. The predicted molar refractivity (Wildman–Crippen MR) is 72.2 cm³/mol. The third kappa shape index (κ3) is 2.08. The van der Waals surface area contributed by atoms with E-state index in [0.29, 0.717) is 11.7 Å². The second-order valence-corrected chi connectivity index (χ2v) is 5.02. The zero-order chi connectivity index (χ0) is 13.5. The fourth-order valence-electron chi connectivity index (χ4n) is 1.88. The molecule has 3 aromatic rings. The van der Waals surface area contributed by atoms with Gasteiger partial charge >= 0.3 is 0 Å². The lowest BCUT2D eigenvalue weighted by Gasteiger charge is -2.11. The highest BCUT2D eigenvalue weighted by Gasteiger charge is 2.22. The van der Waals surface area contributed by atoms with Crippen LogP contribution < -0.4 is 5.73 Å². The van der Waals surface area contributed by atoms with Gasteiger partial charge in [-0.25, -0.2) is 0 Å². The van der Waals surface area contributed by atoms with Crippen LogP contribution in [0, 0.1) is 0 Å². The van der Waals surface area contributed by atoms with Crippen LogP contribution in [-0.2, 0) is 5.54 Å². The minimum atomic E-state index is -0.620. The molecule has 2 N–H and O–H groups in total. The number of pyridine rings is 1. The van der Waals surface area contributed by atoms with Crippen molar-refractivity contribution >= 4 is 10.9 Å². The quantitative estimate of drug-likeness (QED) is 0.760. The van der Waals surface area contributed by atoms with Crippen LogP contribution in [0.4, 0.5) is 0 Å². The first-order valence-electron chi connectivity index (χ1n) is 6.03. The molecule has 0 atom stereocenters. The number of hydrogen-bond acceptors (Lipinski definition) is 5. The molecule has 2 heterocycles. The summed E-state index contributed by atoms with van der Waals surface area (Å²) in [4.78, 5) is 8.68. The van der Waals surface area contributed by atoms with Crippen molar-refractivity contribution < 1.29 is 4.52 Å². The number of fused-ring (bicyclic) bond motifs is 1. The number of rotatable bonds is 2. The van der Waals surface area contributed by atoms with E-state index < -0.39 is 5.54 Å². The second kappa shape index (κ2) is 4.13. The highest BCUT2D eigenvalue weighted by molar-refractivity contribution is 5.91. The molecule has 96 valence electrons. The fraction of sp³-hybridized carbons (Fsp3) is 0.214. The standard InChI is InChI=1S/C14H14N4O/c1-14(2,15)13-17-12(19-18-13)10-7-8-16-11-6-4-3-5-9(10)11/h3-8H,15H2,1-2H3. The number of nitrogens with two attached hydrogens (primary N) is 1. The van der Waals surface area contributed by atoms with Crippen molar-refractivity contribution in [1.82, 2.24) is 15.1 Å². The Labute approximate surface area is 110 Å². The Morgan fingerprint density at radius 1 is 1.16 bits per heavy atom. The van der Waals surface area contributed by atoms with Gasteiger partial charge in [-0.2, -0.15) is 4.98 Å². The van der Waals surface area contributed by atoms with Gasteiger partial charge in [0.2, 0.25) is 0 Å². The molecule has 3 rings (SSSR count). The van der Waals surface area contributed by atoms with E-state index in [2.05, 4.69) is 15.1 Å². The smallest absolute Gasteiger partial charge is 0.258 e. The molecule has 2 aromatic heterocycles. The lowest BCUT2D eigenvalue weighted by molar-refractivity contribution is 0.397. The van der Waals surface area contributed by atoms with Crippen LogP contribution >= 0.6 is 0 Å². The number of aromatic nitrogens is 3. The number of nitrogens with zero attached hydrogens (tertiary/aromatic N) is 3. The lowest BCUT2D eigenvalue weighted by atomic mass is 10.1. The number of benzene rings is 1. The van der Waals surface area contributed by atoms with E-state index in [1.165, 1.54) is 0 Å². The van der Waals surface area contributed by atoms with Gasteiger partial charge in [0.25, 0.3) is 5.89 Å². The Bertz CT molecular complexity index is 722. The Balaban J connectivity index is 2.17. The maximum Gasteiger partial charge on any atom is 0.258 e. The average molecular weight is 254 g/mol. The van der Waals surface area contributed by atoms with Crippen LogP contribution in [0.25, 0.3) is 22.4 Å². The van der Waals surface area contributed by atoms with E-state index >= 15 is 0 Å². The monoisotopic (exact) mass is 254 g/mol. The Kier molecular flexibility index (Phi) is 2.57. The van der Waals surface area contributed by atoms with Gasteiger partial charge in [0.15, 0.2) is 5.82 Å². The van der Waals surface area contributed by atoms with Gasteiger partial charge in [-0.3, -0.25) is 4.98 Å². The van der Waals surface area contributed by atoms with Gasteiger partial charge in [0, 0.05) is 11.6 Å². The van der Waals surface area contributed by atoms with Crippen LogP contribution in [-0.4, -0.2) is 15.1 Å². The zero-order valence-electron chi connectivity index (χ0n) is 10.8. The molecular formula is C14H14N4O. The molecule has 0 aliphatic carbocycles. The van der Waals surface area contributed by atoms with Crippen molar-refractivity contribution in [3.8, 4) is 11.5 Å². The Morgan fingerprint density at radius 3 is 2.68 bits per heavy atom. The summed E-state index contributed by atoms with van der Waals surface area (Å²) in [6.45, 7) is 3.68. The molecule has 0 saturated carbocycles. The van der Waals surface area contributed by atoms with E-state index in [0.717, 1.165) is 16.5 Å². The molecule has 0 amide bonds. The van der Waals surface area contributed by atoms with Crippen molar-refractivity contribution in [3.05, 3.63) is 42.4 Å². The molecule has 0 unspecified atom stereocenters. The maximum atomic E-state index is 5.96. The summed E-state index contributed by atoms with van der Waals surface area (Å²) >= 11 is 0. The van der Waals surface area contributed by atoms with E-state index in [1.54, 1.807) is 6.20 Å². The van der Waals surface area contributed by atoms with E-state index in [9.17, 15) is 0 Å². The SMILES string of the molecule is CC(C)(N)c1noc(-c2ccnc3ccccc23)n1. The third-order valence-corrected chi connectivity index (χ3v) is 2.88. The van der Waals surface area contributed by atoms with Crippen molar-refractivity contribution in [2.45, 2.75) is 19.4 Å². The van der Waals surface area contributed by atoms with Crippen molar-refractivity contribution in [3.63, 3.8) is 0 Å². The molecule has 0 aliphatic rings. The fourth-order valence-corrected chi connectivity index (χ4v) is 1.88. The van der Waals surface area contributed by atoms with Gasteiger partial charge in [0.05, 0.1) is 16.6 Å². The van der Waals surface area contributed by atoms with Gasteiger partial charge in [-0.05, 0) is 26.0 Å². The first-order valence-corrected chi connectivity index (χ1v) is 6.03. The van der Waals surface area contributed by atoms with Crippen molar-refractivity contribution in [2.24, 2.45) is 5.73 Å². The van der Waals surface area contributed by atoms with Crippen LogP contribution in [0.1, 0.15) is 19.7 Å². The summed E-state index contributed by atoms with van der Waals surface area (Å²) in [6.07, 6.45) is 1.73. The van der Waals surface area contributed by atoms with Crippen LogP contribution in [0.15, 0.2) is 41.1 Å². The van der Waals surface area contributed by atoms with Gasteiger partial charge in [-0.1, -0.05) is 23.4 Å². The number of para-hydroxylation sites is 1. The predicted octanol–water partition coefficient (Wildman–Crippen LogP) is 2.48. The normalized spacial score (nSPS) is 11.9. The maximum absolute atomic E-state index is 5.96. The summed E-state index contributed by atoms with van der Waals surface area (Å²) in [6, 6.07) is 9.69. The molecular weight excluding hydrogens is 240 g/mol.